The van der Waals surface area contributed by atoms with E-state index in [0.29, 0.717) is 5.69 Å². The third kappa shape index (κ3) is 4.66. The summed E-state index contributed by atoms with van der Waals surface area (Å²) in [6.45, 7) is 0. The van der Waals surface area contributed by atoms with Crippen molar-refractivity contribution < 1.29 is 9.53 Å². The summed E-state index contributed by atoms with van der Waals surface area (Å²) >= 11 is 3.34. The summed E-state index contributed by atoms with van der Waals surface area (Å²) < 4.78 is 7.98. The van der Waals surface area contributed by atoms with E-state index in [1.165, 1.54) is 0 Å². The minimum Gasteiger partial charge on any atom is -0.497 e. The summed E-state index contributed by atoms with van der Waals surface area (Å²) in [5.41, 5.74) is 2.37. The molecule has 2 aromatic carbocycles. The first-order valence-corrected chi connectivity index (χ1v) is 8.89. The van der Waals surface area contributed by atoms with E-state index in [9.17, 15) is 10.1 Å². The monoisotopic (exact) mass is 421 g/mol. The first kappa shape index (κ1) is 18.5. The molecule has 0 atom stereocenters. The Kier molecular flexibility index (Phi) is 5.74. The molecule has 0 unspecified atom stereocenters. The molecule has 0 bridgehead atoms. The van der Waals surface area contributed by atoms with E-state index in [1.54, 1.807) is 25.3 Å². The number of hydrogen-bond acceptors (Lipinski definition) is 3. The number of hydrogen-bond donors (Lipinski definition) is 1. The first-order chi connectivity index (χ1) is 13.1. The average Bonchev–Trinajstić information content (AvgIpc) is 3.16. The van der Waals surface area contributed by atoms with Gasteiger partial charge < -0.3 is 14.6 Å². The van der Waals surface area contributed by atoms with Crippen LogP contribution in [0.1, 0.15) is 5.56 Å². The number of rotatable bonds is 5. The standard InChI is InChI=1S/C21H16BrN3O2/c1-27-20-8-6-19(7-9-20)25-11-10-15(14-25)12-16(13-23)21(26)24-18-4-2-17(22)3-5-18/h2-12,14H,1H3,(H,24,26)/b16-12+. The number of amides is 1. The van der Waals surface area contributed by atoms with Gasteiger partial charge in [0.2, 0.25) is 0 Å². The number of anilines is 1. The van der Waals surface area contributed by atoms with Crippen molar-refractivity contribution in [3.8, 4) is 17.5 Å². The molecular formula is C21H16BrN3O2. The second-order valence-corrected chi connectivity index (χ2v) is 6.60. The fourth-order valence-electron chi connectivity index (χ4n) is 2.46. The van der Waals surface area contributed by atoms with Gasteiger partial charge in [0.1, 0.15) is 17.4 Å². The molecule has 3 aromatic rings. The number of nitrogens with one attached hydrogen (secondary N) is 1. The number of carbonyl (C=O) groups excluding carboxylic acids is 1. The van der Waals surface area contributed by atoms with E-state index < -0.39 is 5.91 Å². The molecule has 0 saturated carbocycles. The van der Waals surface area contributed by atoms with Gasteiger partial charge in [-0.15, -0.1) is 0 Å². The maximum absolute atomic E-state index is 12.3. The Labute approximate surface area is 165 Å². The van der Waals surface area contributed by atoms with Gasteiger partial charge in [0, 0.05) is 28.2 Å². The van der Waals surface area contributed by atoms with E-state index in [4.69, 9.17) is 4.74 Å². The predicted octanol–water partition coefficient (Wildman–Crippen LogP) is 4.79. The molecule has 0 aliphatic carbocycles. The van der Waals surface area contributed by atoms with Crippen LogP contribution in [0.4, 0.5) is 5.69 Å². The largest absolute Gasteiger partial charge is 0.497 e. The van der Waals surface area contributed by atoms with Crippen molar-refractivity contribution in [2.45, 2.75) is 0 Å². The molecule has 1 aromatic heterocycles. The van der Waals surface area contributed by atoms with Crippen LogP contribution in [0.25, 0.3) is 11.8 Å². The van der Waals surface area contributed by atoms with Crippen LogP contribution >= 0.6 is 15.9 Å². The lowest BCUT2D eigenvalue weighted by molar-refractivity contribution is -0.112. The topological polar surface area (TPSA) is 67.0 Å². The molecule has 0 aliphatic heterocycles. The van der Waals surface area contributed by atoms with Gasteiger partial charge in [-0.05, 0) is 66.2 Å². The Bertz CT molecular complexity index is 1010. The summed E-state index contributed by atoms with van der Waals surface area (Å²) in [5.74, 6) is 0.333. The van der Waals surface area contributed by atoms with Gasteiger partial charge in [-0.25, -0.2) is 0 Å². The quantitative estimate of drug-likeness (QED) is 0.475. The highest BCUT2D eigenvalue weighted by Gasteiger charge is 2.10. The Hall–Kier alpha value is -3.30. The van der Waals surface area contributed by atoms with Crippen LogP contribution in [0.5, 0.6) is 5.75 Å². The molecule has 1 heterocycles. The predicted molar refractivity (Wildman–Crippen MR) is 109 cm³/mol. The number of carbonyl (C=O) groups is 1. The minimum atomic E-state index is -0.447. The van der Waals surface area contributed by atoms with Gasteiger partial charge in [0.05, 0.1) is 7.11 Å². The van der Waals surface area contributed by atoms with E-state index >= 15 is 0 Å². The zero-order valence-corrected chi connectivity index (χ0v) is 16.1. The lowest BCUT2D eigenvalue weighted by Gasteiger charge is -2.04. The van der Waals surface area contributed by atoms with Crippen LogP contribution in [-0.4, -0.2) is 17.6 Å². The number of aromatic nitrogens is 1. The number of methoxy groups -OCH3 is 1. The summed E-state index contributed by atoms with van der Waals surface area (Å²) in [6, 6.07) is 18.6. The van der Waals surface area contributed by atoms with E-state index in [0.717, 1.165) is 21.5 Å². The van der Waals surface area contributed by atoms with Crippen LogP contribution in [-0.2, 0) is 4.79 Å². The summed E-state index contributed by atoms with van der Waals surface area (Å²) in [6.07, 6.45) is 5.29. The van der Waals surface area contributed by atoms with Crippen LogP contribution < -0.4 is 10.1 Å². The zero-order valence-electron chi connectivity index (χ0n) is 14.5. The molecule has 0 saturated heterocycles. The number of ether oxygens (including phenoxy) is 1. The van der Waals surface area contributed by atoms with Gasteiger partial charge in [0.25, 0.3) is 5.91 Å². The van der Waals surface area contributed by atoms with Gasteiger partial charge >= 0.3 is 0 Å². The SMILES string of the molecule is COc1ccc(-n2ccc(/C=C(\C#N)C(=O)Nc3ccc(Br)cc3)c2)cc1. The zero-order chi connectivity index (χ0) is 19.2. The van der Waals surface area contributed by atoms with Crippen LogP contribution in [0.3, 0.4) is 0 Å². The van der Waals surface area contributed by atoms with Crippen molar-refractivity contribution in [2.24, 2.45) is 0 Å². The van der Waals surface area contributed by atoms with Gasteiger partial charge in [-0.1, -0.05) is 15.9 Å². The summed E-state index contributed by atoms with van der Waals surface area (Å²) in [4.78, 5) is 12.3. The molecule has 27 heavy (non-hydrogen) atoms. The van der Waals surface area contributed by atoms with Crippen molar-refractivity contribution in [1.82, 2.24) is 4.57 Å². The summed E-state index contributed by atoms with van der Waals surface area (Å²) in [5, 5.41) is 12.1. The van der Waals surface area contributed by atoms with Crippen molar-refractivity contribution in [3.05, 3.63) is 82.6 Å². The molecule has 0 fully saturated rings. The van der Waals surface area contributed by atoms with Crippen LogP contribution in [0, 0.1) is 11.3 Å². The molecule has 134 valence electrons. The maximum atomic E-state index is 12.3. The molecule has 0 radical (unpaired) electrons. The molecule has 6 heteroatoms. The fourth-order valence-corrected chi connectivity index (χ4v) is 2.72. The second kappa shape index (κ2) is 8.39. The molecule has 5 nitrogen and oxygen atoms in total. The Morgan fingerprint density at radius 1 is 1.15 bits per heavy atom. The Balaban J connectivity index is 1.77. The minimum absolute atomic E-state index is 0.0328. The molecule has 1 amide bonds. The number of nitrogens with zero attached hydrogens (tertiary/aromatic N) is 2. The van der Waals surface area contributed by atoms with Gasteiger partial charge in [0.15, 0.2) is 0 Å². The smallest absolute Gasteiger partial charge is 0.266 e. The second-order valence-electron chi connectivity index (χ2n) is 5.68. The number of nitriles is 1. The maximum Gasteiger partial charge on any atom is 0.266 e. The fraction of sp³-hybridized carbons (Fsp3) is 0.0476. The molecular weight excluding hydrogens is 406 g/mol. The highest BCUT2D eigenvalue weighted by molar-refractivity contribution is 9.10. The molecule has 0 spiro atoms. The Morgan fingerprint density at radius 2 is 1.85 bits per heavy atom. The van der Waals surface area contributed by atoms with Crippen LogP contribution in [0.15, 0.2) is 77.0 Å². The first-order valence-electron chi connectivity index (χ1n) is 8.10. The third-order valence-electron chi connectivity index (χ3n) is 3.86. The van der Waals surface area contributed by atoms with Crippen molar-refractivity contribution >= 4 is 33.6 Å². The lowest BCUT2D eigenvalue weighted by Crippen LogP contribution is -2.13. The molecule has 0 aliphatic rings. The molecule has 1 N–H and O–H groups in total. The van der Waals surface area contributed by atoms with Gasteiger partial charge in [-0.3, -0.25) is 4.79 Å². The van der Waals surface area contributed by atoms with Crippen molar-refractivity contribution in [2.75, 3.05) is 12.4 Å². The molecule has 3 rings (SSSR count). The van der Waals surface area contributed by atoms with Crippen LogP contribution in [0.2, 0.25) is 0 Å². The van der Waals surface area contributed by atoms with E-state index in [1.807, 2.05) is 65.5 Å². The van der Waals surface area contributed by atoms with Crippen molar-refractivity contribution in [3.63, 3.8) is 0 Å². The lowest BCUT2D eigenvalue weighted by atomic mass is 10.2. The number of halogens is 1. The highest BCUT2D eigenvalue weighted by atomic mass is 79.9. The highest BCUT2D eigenvalue weighted by Crippen LogP contribution is 2.18. The van der Waals surface area contributed by atoms with E-state index in [-0.39, 0.29) is 5.57 Å². The average molecular weight is 422 g/mol. The normalized spacial score (nSPS) is 10.9. The van der Waals surface area contributed by atoms with Gasteiger partial charge in [-0.2, -0.15) is 5.26 Å². The van der Waals surface area contributed by atoms with Crippen molar-refractivity contribution in [1.29, 1.82) is 5.26 Å². The Morgan fingerprint density at radius 3 is 2.48 bits per heavy atom. The third-order valence-corrected chi connectivity index (χ3v) is 4.39. The summed E-state index contributed by atoms with van der Waals surface area (Å²) in [7, 11) is 1.62. The van der Waals surface area contributed by atoms with E-state index in [2.05, 4.69) is 21.2 Å². The number of benzene rings is 2.